The molecule has 26 heavy (non-hydrogen) atoms. The predicted molar refractivity (Wildman–Crippen MR) is 79.5 cm³/mol. The Balaban J connectivity index is 1.78. The topological polar surface area (TPSA) is 90.6 Å². The number of halogens is 3. The number of hydrogen-bond donors (Lipinski definition) is 1. The molecule has 3 fully saturated rings. The van der Waals surface area contributed by atoms with Gasteiger partial charge in [0.1, 0.15) is 0 Å². The summed E-state index contributed by atoms with van der Waals surface area (Å²) in [5.41, 5.74) is -3.06. The molecule has 3 saturated heterocycles. The maximum absolute atomic E-state index is 13.2. The van der Waals surface area contributed by atoms with Crippen LogP contribution in [-0.2, 0) is 20.5 Å². The Morgan fingerprint density at radius 3 is 2.65 bits per heavy atom. The van der Waals surface area contributed by atoms with Crippen molar-refractivity contribution in [2.24, 2.45) is 11.8 Å². The van der Waals surface area contributed by atoms with Gasteiger partial charge in [0.25, 0.3) is 0 Å². The lowest BCUT2D eigenvalue weighted by atomic mass is 9.73. The summed E-state index contributed by atoms with van der Waals surface area (Å²) in [5, 5.41) is 18.9. The number of benzene rings is 1. The lowest BCUT2D eigenvalue weighted by Gasteiger charge is -2.27. The van der Waals surface area contributed by atoms with E-state index in [0.29, 0.717) is 6.07 Å². The molecule has 0 aliphatic carbocycles. The Bertz CT molecular complexity index is 878. The van der Waals surface area contributed by atoms with Gasteiger partial charge in [-0.3, -0.25) is 9.59 Å². The van der Waals surface area contributed by atoms with Gasteiger partial charge in [-0.1, -0.05) is 0 Å². The molecular formula is C17H13F3N2O4. The SMILES string of the molecule is C[C@]12C[C@H](O)[C@H](O1)[C@H]1C(=O)N(c3ccc(C#N)c(C(F)(F)F)c3)C(=O)[C@H]12. The summed E-state index contributed by atoms with van der Waals surface area (Å²) in [7, 11) is 0. The van der Waals surface area contributed by atoms with Crippen LogP contribution in [0.3, 0.4) is 0 Å². The van der Waals surface area contributed by atoms with Gasteiger partial charge < -0.3 is 9.84 Å². The minimum atomic E-state index is -4.80. The first-order valence-electron chi connectivity index (χ1n) is 7.93. The number of nitrogens with zero attached hydrogens (tertiary/aromatic N) is 2. The number of ether oxygens (including phenoxy) is 1. The lowest BCUT2D eigenvalue weighted by Crippen LogP contribution is -2.42. The molecule has 0 aromatic heterocycles. The highest BCUT2D eigenvalue weighted by Crippen LogP contribution is 2.55. The summed E-state index contributed by atoms with van der Waals surface area (Å²) in [6, 6.07) is 4.18. The summed E-state index contributed by atoms with van der Waals surface area (Å²) in [6.07, 6.45) is -6.35. The number of nitriles is 1. The van der Waals surface area contributed by atoms with Crippen LogP contribution >= 0.6 is 0 Å². The molecule has 2 bridgehead atoms. The molecule has 1 aromatic rings. The molecule has 0 radical (unpaired) electrons. The van der Waals surface area contributed by atoms with Gasteiger partial charge in [-0.2, -0.15) is 18.4 Å². The number of alkyl halides is 3. The van der Waals surface area contributed by atoms with Gasteiger partial charge in [-0.05, 0) is 25.1 Å². The van der Waals surface area contributed by atoms with Crippen molar-refractivity contribution in [1.29, 1.82) is 5.26 Å². The average Bonchev–Trinajstić information content (AvgIpc) is 3.12. The molecule has 6 nitrogen and oxygen atoms in total. The van der Waals surface area contributed by atoms with Crippen LogP contribution in [0.4, 0.5) is 18.9 Å². The first-order chi connectivity index (χ1) is 12.1. The highest BCUT2D eigenvalue weighted by atomic mass is 19.4. The van der Waals surface area contributed by atoms with E-state index < -0.39 is 58.8 Å². The molecule has 1 aromatic carbocycles. The van der Waals surface area contributed by atoms with Crippen molar-refractivity contribution in [3.63, 3.8) is 0 Å². The molecule has 0 spiro atoms. The molecular weight excluding hydrogens is 353 g/mol. The molecule has 1 N–H and O–H groups in total. The fourth-order valence-corrected chi connectivity index (χ4v) is 4.40. The molecule has 3 aliphatic heterocycles. The van der Waals surface area contributed by atoms with E-state index >= 15 is 0 Å². The third-order valence-corrected chi connectivity index (χ3v) is 5.45. The van der Waals surface area contributed by atoms with Crippen LogP contribution in [-0.4, -0.2) is 34.7 Å². The number of carbonyl (C=O) groups excluding carboxylic acids is 2. The Morgan fingerprint density at radius 2 is 2.04 bits per heavy atom. The molecule has 4 rings (SSSR count). The number of fused-ring (bicyclic) bond motifs is 5. The summed E-state index contributed by atoms with van der Waals surface area (Å²) in [6.45, 7) is 1.62. The fourth-order valence-electron chi connectivity index (χ4n) is 4.40. The third kappa shape index (κ3) is 2.06. The Hall–Kier alpha value is -2.44. The maximum atomic E-state index is 13.2. The van der Waals surface area contributed by atoms with Gasteiger partial charge in [0.2, 0.25) is 11.8 Å². The zero-order valence-corrected chi connectivity index (χ0v) is 13.4. The predicted octanol–water partition coefficient (Wildman–Crippen LogP) is 1.60. The average molecular weight is 366 g/mol. The van der Waals surface area contributed by atoms with E-state index in [1.54, 1.807) is 6.92 Å². The first kappa shape index (κ1) is 17.0. The number of carbonyl (C=O) groups is 2. The number of hydrogen-bond acceptors (Lipinski definition) is 5. The van der Waals surface area contributed by atoms with Crippen LogP contribution in [0.2, 0.25) is 0 Å². The molecule has 3 heterocycles. The minimum Gasteiger partial charge on any atom is -0.390 e. The van der Waals surface area contributed by atoms with Crippen molar-refractivity contribution in [2.45, 2.75) is 37.3 Å². The van der Waals surface area contributed by atoms with Crippen molar-refractivity contribution in [3.05, 3.63) is 29.3 Å². The third-order valence-electron chi connectivity index (χ3n) is 5.45. The molecule has 0 unspecified atom stereocenters. The second-order valence-corrected chi connectivity index (χ2v) is 7.02. The van der Waals surface area contributed by atoms with Gasteiger partial charge in [-0.25, -0.2) is 4.90 Å². The number of aliphatic hydroxyl groups is 1. The quantitative estimate of drug-likeness (QED) is 0.763. The zero-order chi connectivity index (χ0) is 19.0. The lowest BCUT2D eigenvalue weighted by molar-refractivity contribution is -0.138. The van der Waals surface area contributed by atoms with E-state index in [0.717, 1.165) is 17.0 Å². The van der Waals surface area contributed by atoms with Crippen LogP contribution < -0.4 is 4.90 Å². The monoisotopic (exact) mass is 366 g/mol. The second-order valence-electron chi connectivity index (χ2n) is 7.02. The van der Waals surface area contributed by atoms with Crippen molar-refractivity contribution in [1.82, 2.24) is 0 Å². The van der Waals surface area contributed by atoms with Gasteiger partial charge >= 0.3 is 6.18 Å². The van der Waals surface area contributed by atoms with E-state index in [4.69, 9.17) is 10.00 Å². The van der Waals surface area contributed by atoms with E-state index in [9.17, 15) is 27.9 Å². The van der Waals surface area contributed by atoms with Crippen LogP contribution in [0.5, 0.6) is 0 Å². The van der Waals surface area contributed by atoms with Crippen molar-refractivity contribution >= 4 is 17.5 Å². The van der Waals surface area contributed by atoms with Crippen molar-refractivity contribution < 1.29 is 32.6 Å². The number of amides is 2. The molecule has 9 heteroatoms. The molecule has 3 aliphatic rings. The summed E-state index contributed by atoms with van der Waals surface area (Å²) >= 11 is 0. The maximum Gasteiger partial charge on any atom is 0.417 e. The summed E-state index contributed by atoms with van der Waals surface area (Å²) < 4.78 is 45.2. The Morgan fingerprint density at radius 1 is 1.35 bits per heavy atom. The largest absolute Gasteiger partial charge is 0.417 e. The molecule has 136 valence electrons. The van der Waals surface area contributed by atoms with Gasteiger partial charge in [0.15, 0.2) is 0 Å². The van der Waals surface area contributed by atoms with Gasteiger partial charge in [0, 0.05) is 6.42 Å². The second kappa shape index (κ2) is 5.05. The molecule has 5 atom stereocenters. The van der Waals surface area contributed by atoms with E-state index in [1.165, 1.54) is 6.07 Å². The van der Waals surface area contributed by atoms with Crippen LogP contribution in [0.1, 0.15) is 24.5 Å². The fraction of sp³-hybridized carbons (Fsp3) is 0.471. The standard InChI is InChI=1S/C17H13F3N2O4/c1-16-5-10(23)13(26-16)11-12(16)15(25)22(14(11)24)8-3-2-7(6-21)9(4-8)17(18,19)20/h2-4,10-13,23H,5H2,1H3/t10-,11-,12-,13-,16+/m0/s1. The summed E-state index contributed by atoms with van der Waals surface area (Å²) in [5.74, 6) is -3.09. The van der Waals surface area contributed by atoms with Crippen molar-refractivity contribution in [2.75, 3.05) is 4.90 Å². The highest BCUT2D eigenvalue weighted by Gasteiger charge is 2.70. The Labute approximate surface area is 145 Å². The zero-order valence-electron chi connectivity index (χ0n) is 13.4. The van der Waals surface area contributed by atoms with E-state index in [-0.39, 0.29) is 12.1 Å². The number of aliphatic hydroxyl groups excluding tert-OH is 1. The van der Waals surface area contributed by atoms with Gasteiger partial charge in [0.05, 0.1) is 52.5 Å². The van der Waals surface area contributed by atoms with Crippen LogP contribution in [0, 0.1) is 23.2 Å². The highest BCUT2D eigenvalue weighted by molar-refractivity contribution is 6.23. The number of rotatable bonds is 1. The molecule has 0 saturated carbocycles. The van der Waals surface area contributed by atoms with E-state index in [1.807, 2.05) is 0 Å². The normalized spacial score (nSPS) is 35.8. The summed E-state index contributed by atoms with van der Waals surface area (Å²) in [4.78, 5) is 26.3. The minimum absolute atomic E-state index is 0.187. The van der Waals surface area contributed by atoms with E-state index in [2.05, 4.69) is 0 Å². The van der Waals surface area contributed by atoms with Crippen molar-refractivity contribution in [3.8, 4) is 6.07 Å². The molecule has 2 amide bonds. The Kier molecular flexibility index (Phi) is 3.30. The number of anilines is 1. The number of imide groups is 1. The smallest absolute Gasteiger partial charge is 0.390 e. The van der Waals surface area contributed by atoms with Crippen LogP contribution in [0.25, 0.3) is 0 Å². The van der Waals surface area contributed by atoms with Crippen LogP contribution in [0.15, 0.2) is 18.2 Å². The van der Waals surface area contributed by atoms with Gasteiger partial charge in [-0.15, -0.1) is 0 Å². The first-order valence-corrected chi connectivity index (χ1v) is 7.93.